The lowest BCUT2D eigenvalue weighted by Gasteiger charge is -2.10. The second kappa shape index (κ2) is 6.69. The van der Waals surface area contributed by atoms with Crippen molar-refractivity contribution in [2.45, 2.75) is 32.7 Å². The van der Waals surface area contributed by atoms with E-state index in [2.05, 4.69) is 36.6 Å². The number of aromatic nitrogens is 3. The van der Waals surface area contributed by atoms with E-state index in [-0.39, 0.29) is 11.9 Å². The van der Waals surface area contributed by atoms with Crippen LogP contribution in [0.1, 0.15) is 26.7 Å². The summed E-state index contributed by atoms with van der Waals surface area (Å²) >= 11 is 3.42. The van der Waals surface area contributed by atoms with Gasteiger partial charge in [-0.2, -0.15) is 4.98 Å². The average molecular weight is 340 g/mol. The molecule has 6 nitrogen and oxygen atoms in total. The summed E-state index contributed by atoms with van der Waals surface area (Å²) < 4.78 is 2.57. The lowest BCUT2D eigenvalue weighted by atomic mass is 10.2. The van der Waals surface area contributed by atoms with Crippen LogP contribution >= 0.6 is 15.9 Å². The normalized spacial score (nSPS) is 12.3. The maximum absolute atomic E-state index is 11.6. The van der Waals surface area contributed by atoms with E-state index in [0.29, 0.717) is 18.9 Å². The van der Waals surface area contributed by atoms with Crippen LogP contribution in [0.15, 0.2) is 22.8 Å². The molecular formula is C13H18BrN5O. The second-order valence-corrected chi connectivity index (χ2v) is 5.47. The Kier molecular flexibility index (Phi) is 4.94. The number of pyridine rings is 1. The van der Waals surface area contributed by atoms with E-state index in [1.54, 1.807) is 4.52 Å². The van der Waals surface area contributed by atoms with Crippen molar-refractivity contribution in [3.63, 3.8) is 0 Å². The minimum atomic E-state index is 0.0387. The van der Waals surface area contributed by atoms with Crippen molar-refractivity contribution in [3.05, 3.63) is 22.8 Å². The number of hydrogen-bond donors (Lipinski definition) is 2. The molecule has 0 radical (unpaired) electrons. The fraction of sp³-hybridized carbons (Fsp3) is 0.462. The first-order valence-electron chi connectivity index (χ1n) is 6.64. The molecule has 0 aliphatic rings. The third-order valence-electron chi connectivity index (χ3n) is 2.97. The Labute approximate surface area is 126 Å². The summed E-state index contributed by atoms with van der Waals surface area (Å²) in [6.45, 7) is 4.55. The maximum Gasteiger partial charge on any atom is 0.243 e. The van der Waals surface area contributed by atoms with Crippen LogP contribution in [-0.4, -0.2) is 33.1 Å². The lowest BCUT2D eigenvalue weighted by Crippen LogP contribution is -2.33. The van der Waals surface area contributed by atoms with Crippen LogP contribution in [0, 0.1) is 0 Å². The summed E-state index contributed by atoms with van der Waals surface area (Å²) in [5.41, 5.74) is 0.749. The highest BCUT2D eigenvalue weighted by Crippen LogP contribution is 2.16. The number of carbonyl (C=O) groups excluding carboxylic acids is 1. The second-order valence-electron chi connectivity index (χ2n) is 4.61. The van der Waals surface area contributed by atoms with Gasteiger partial charge in [-0.3, -0.25) is 4.79 Å². The SMILES string of the molecule is CCC(C)NC(=O)CCNc1nc2c(Br)cccn2n1. The molecule has 2 aromatic rings. The van der Waals surface area contributed by atoms with Crippen molar-refractivity contribution in [2.75, 3.05) is 11.9 Å². The van der Waals surface area contributed by atoms with Gasteiger partial charge in [0, 0.05) is 25.2 Å². The van der Waals surface area contributed by atoms with E-state index in [9.17, 15) is 4.79 Å². The number of nitrogens with one attached hydrogen (secondary N) is 2. The third kappa shape index (κ3) is 3.69. The Morgan fingerprint density at radius 2 is 2.35 bits per heavy atom. The molecular weight excluding hydrogens is 322 g/mol. The van der Waals surface area contributed by atoms with Gasteiger partial charge in [0.25, 0.3) is 0 Å². The predicted octanol–water partition coefficient (Wildman–Crippen LogP) is 2.21. The fourth-order valence-corrected chi connectivity index (χ4v) is 2.11. The van der Waals surface area contributed by atoms with Gasteiger partial charge < -0.3 is 10.6 Å². The number of halogens is 1. The highest BCUT2D eigenvalue weighted by atomic mass is 79.9. The smallest absolute Gasteiger partial charge is 0.243 e. The predicted molar refractivity (Wildman–Crippen MR) is 81.7 cm³/mol. The van der Waals surface area contributed by atoms with Crippen molar-refractivity contribution in [1.82, 2.24) is 19.9 Å². The Morgan fingerprint density at radius 3 is 3.05 bits per heavy atom. The highest BCUT2D eigenvalue weighted by molar-refractivity contribution is 9.10. The van der Waals surface area contributed by atoms with Gasteiger partial charge in [-0.15, -0.1) is 5.10 Å². The van der Waals surface area contributed by atoms with E-state index >= 15 is 0 Å². The van der Waals surface area contributed by atoms with Crippen LogP contribution in [0.3, 0.4) is 0 Å². The molecule has 1 amide bonds. The zero-order valence-electron chi connectivity index (χ0n) is 11.6. The average Bonchev–Trinajstić information content (AvgIpc) is 2.83. The summed E-state index contributed by atoms with van der Waals surface area (Å²) in [5.74, 6) is 0.560. The summed E-state index contributed by atoms with van der Waals surface area (Å²) in [6.07, 6.45) is 3.16. The van der Waals surface area contributed by atoms with Crippen LogP contribution in [0.5, 0.6) is 0 Å². The fourth-order valence-electron chi connectivity index (χ4n) is 1.69. The molecule has 0 fully saturated rings. The maximum atomic E-state index is 11.6. The summed E-state index contributed by atoms with van der Waals surface area (Å²) in [5, 5.41) is 10.3. The molecule has 0 saturated carbocycles. The molecule has 108 valence electrons. The molecule has 2 heterocycles. The van der Waals surface area contributed by atoms with Crippen LogP contribution in [-0.2, 0) is 4.79 Å². The zero-order valence-corrected chi connectivity index (χ0v) is 13.1. The van der Waals surface area contributed by atoms with Gasteiger partial charge in [0.2, 0.25) is 11.9 Å². The molecule has 0 bridgehead atoms. The summed E-state index contributed by atoms with van der Waals surface area (Å²) in [6, 6.07) is 4.01. The molecule has 20 heavy (non-hydrogen) atoms. The first kappa shape index (κ1) is 14.8. The quantitative estimate of drug-likeness (QED) is 0.846. The van der Waals surface area contributed by atoms with E-state index in [1.165, 1.54) is 0 Å². The Morgan fingerprint density at radius 1 is 1.55 bits per heavy atom. The molecule has 0 aromatic carbocycles. The third-order valence-corrected chi connectivity index (χ3v) is 3.59. The Balaban J connectivity index is 1.87. The number of anilines is 1. The van der Waals surface area contributed by atoms with E-state index in [4.69, 9.17) is 0 Å². The molecule has 1 atom stereocenters. The van der Waals surface area contributed by atoms with E-state index in [1.807, 2.05) is 32.2 Å². The molecule has 0 spiro atoms. The van der Waals surface area contributed by atoms with Crippen molar-refractivity contribution in [2.24, 2.45) is 0 Å². The highest BCUT2D eigenvalue weighted by Gasteiger charge is 2.08. The monoisotopic (exact) mass is 339 g/mol. The molecule has 0 aliphatic carbocycles. The number of nitrogens with zero attached hydrogens (tertiary/aromatic N) is 3. The first-order valence-corrected chi connectivity index (χ1v) is 7.43. The van der Waals surface area contributed by atoms with Crippen LogP contribution in [0.4, 0.5) is 5.95 Å². The molecule has 2 N–H and O–H groups in total. The number of carbonyl (C=O) groups is 1. The minimum Gasteiger partial charge on any atom is -0.354 e. The van der Waals surface area contributed by atoms with Crippen molar-refractivity contribution in [1.29, 1.82) is 0 Å². The molecule has 7 heteroatoms. The van der Waals surface area contributed by atoms with Crippen molar-refractivity contribution < 1.29 is 4.79 Å². The van der Waals surface area contributed by atoms with Gasteiger partial charge in [-0.1, -0.05) is 6.92 Å². The van der Waals surface area contributed by atoms with Gasteiger partial charge in [-0.05, 0) is 41.4 Å². The lowest BCUT2D eigenvalue weighted by molar-refractivity contribution is -0.121. The van der Waals surface area contributed by atoms with Crippen LogP contribution in [0.2, 0.25) is 0 Å². The molecule has 2 aromatic heterocycles. The topological polar surface area (TPSA) is 71.3 Å². The summed E-state index contributed by atoms with van der Waals surface area (Å²) in [4.78, 5) is 16.0. The van der Waals surface area contributed by atoms with Gasteiger partial charge in [0.15, 0.2) is 5.65 Å². The van der Waals surface area contributed by atoms with Crippen LogP contribution < -0.4 is 10.6 Å². The molecule has 0 saturated heterocycles. The molecule has 1 unspecified atom stereocenters. The first-order chi connectivity index (χ1) is 9.60. The standard InChI is InChI=1S/C13H18BrN5O/c1-3-9(2)16-11(20)6-7-15-13-17-12-10(14)5-4-8-19(12)18-13/h4-5,8-9H,3,6-7H2,1-2H3,(H,15,18)(H,16,20). The minimum absolute atomic E-state index is 0.0387. The zero-order chi connectivity index (χ0) is 14.5. The van der Waals surface area contributed by atoms with E-state index < -0.39 is 0 Å². The van der Waals surface area contributed by atoms with Gasteiger partial charge in [0.05, 0.1) is 4.47 Å². The van der Waals surface area contributed by atoms with Crippen molar-refractivity contribution >= 4 is 33.4 Å². The van der Waals surface area contributed by atoms with Crippen LogP contribution in [0.25, 0.3) is 5.65 Å². The Bertz CT molecular complexity index is 597. The van der Waals surface area contributed by atoms with E-state index in [0.717, 1.165) is 16.5 Å². The Hall–Kier alpha value is -1.63. The number of hydrogen-bond acceptors (Lipinski definition) is 4. The van der Waals surface area contributed by atoms with Gasteiger partial charge >= 0.3 is 0 Å². The number of rotatable bonds is 6. The summed E-state index contributed by atoms with van der Waals surface area (Å²) in [7, 11) is 0. The largest absolute Gasteiger partial charge is 0.354 e. The molecule has 2 rings (SSSR count). The van der Waals surface area contributed by atoms with Crippen molar-refractivity contribution in [3.8, 4) is 0 Å². The van der Waals surface area contributed by atoms with Gasteiger partial charge in [0.1, 0.15) is 0 Å². The number of fused-ring (bicyclic) bond motifs is 1. The number of amides is 1. The molecule has 0 aliphatic heterocycles. The van der Waals surface area contributed by atoms with Gasteiger partial charge in [-0.25, -0.2) is 4.52 Å².